The van der Waals surface area contributed by atoms with E-state index in [-0.39, 0.29) is 23.7 Å². The lowest BCUT2D eigenvalue weighted by Crippen LogP contribution is -2.04. The first-order chi connectivity index (χ1) is 9.06. The molecule has 5 nitrogen and oxygen atoms in total. The van der Waals surface area contributed by atoms with Crippen LogP contribution < -0.4 is 10.5 Å². The molecule has 4 N–H and O–H groups in total. The molecule has 2 aromatic rings. The summed E-state index contributed by atoms with van der Waals surface area (Å²) in [7, 11) is 0. The molecule has 2 aromatic carbocycles. The largest absolute Gasteiger partial charge is 0.508 e. The van der Waals surface area contributed by atoms with Crippen LogP contribution in [-0.2, 0) is 6.61 Å². The van der Waals surface area contributed by atoms with Gasteiger partial charge in [-0.15, -0.1) is 0 Å². The van der Waals surface area contributed by atoms with Crippen molar-refractivity contribution in [2.24, 2.45) is 0 Å². The molecule has 0 aromatic heterocycles. The van der Waals surface area contributed by atoms with Crippen LogP contribution in [0.5, 0.6) is 11.5 Å². The van der Waals surface area contributed by atoms with Crippen LogP contribution in [0.25, 0.3) is 0 Å². The average Bonchev–Trinajstić information content (AvgIpc) is 2.38. The van der Waals surface area contributed by atoms with E-state index in [0.717, 1.165) is 5.56 Å². The summed E-state index contributed by atoms with van der Waals surface area (Å²) in [5.41, 5.74) is 6.93. The second-order valence-electron chi connectivity index (χ2n) is 4.02. The van der Waals surface area contributed by atoms with Crippen LogP contribution in [0.2, 0.25) is 0 Å². The van der Waals surface area contributed by atoms with Crippen molar-refractivity contribution >= 4 is 11.7 Å². The number of hydrogen-bond donors (Lipinski definition) is 3. The number of aromatic hydroxyl groups is 1. The lowest BCUT2D eigenvalue weighted by molar-refractivity contribution is 0.0692. The first kappa shape index (κ1) is 12.8. The zero-order valence-electron chi connectivity index (χ0n) is 10.0. The molecule has 0 bridgehead atoms. The minimum absolute atomic E-state index is 0.0629. The van der Waals surface area contributed by atoms with Gasteiger partial charge < -0.3 is 20.7 Å². The predicted octanol–water partition coefficient (Wildman–Crippen LogP) is 2.25. The summed E-state index contributed by atoms with van der Waals surface area (Å²) in [5.74, 6) is -0.680. The van der Waals surface area contributed by atoms with Crippen molar-refractivity contribution in [2.45, 2.75) is 6.61 Å². The highest BCUT2D eigenvalue weighted by atomic mass is 16.5. The van der Waals surface area contributed by atoms with E-state index in [1.165, 1.54) is 30.3 Å². The molecule has 2 rings (SSSR count). The zero-order chi connectivity index (χ0) is 13.8. The third kappa shape index (κ3) is 3.16. The maximum atomic E-state index is 11.0. The number of rotatable bonds is 4. The van der Waals surface area contributed by atoms with Gasteiger partial charge in [-0.3, -0.25) is 0 Å². The number of ether oxygens (including phenoxy) is 1. The molecule has 0 radical (unpaired) electrons. The molecule has 0 unspecified atom stereocenters. The van der Waals surface area contributed by atoms with E-state index in [9.17, 15) is 4.79 Å². The van der Waals surface area contributed by atoms with Crippen LogP contribution in [0.4, 0.5) is 5.69 Å². The summed E-state index contributed by atoms with van der Waals surface area (Å²) in [6.45, 7) is 0.198. The SMILES string of the molecule is Nc1ccc(C(=O)O)c(OCc2ccc(O)cc2)c1. The Morgan fingerprint density at radius 2 is 1.84 bits per heavy atom. The van der Waals surface area contributed by atoms with E-state index in [2.05, 4.69) is 0 Å². The van der Waals surface area contributed by atoms with Crippen LogP contribution in [0.3, 0.4) is 0 Å². The zero-order valence-corrected chi connectivity index (χ0v) is 10.0. The molecular formula is C14H13NO4. The highest BCUT2D eigenvalue weighted by molar-refractivity contribution is 5.91. The summed E-state index contributed by atoms with van der Waals surface area (Å²) in [6.07, 6.45) is 0. The Morgan fingerprint density at radius 1 is 1.16 bits per heavy atom. The van der Waals surface area contributed by atoms with E-state index in [0.29, 0.717) is 5.69 Å². The van der Waals surface area contributed by atoms with Crippen molar-refractivity contribution < 1.29 is 19.7 Å². The van der Waals surface area contributed by atoms with Crippen LogP contribution in [0.15, 0.2) is 42.5 Å². The summed E-state index contributed by atoms with van der Waals surface area (Å²) in [4.78, 5) is 11.0. The van der Waals surface area contributed by atoms with Crippen molar-refractivity contribution in [2.75, 3.05) is 5.73 Å². The fourth-order valence-corrected chi connectivity index (χ4v) is 1.59. The maximum absolute atomic E-state index is 11.0. The van der Waals surface area contributed by atoms with Gasteiger partial charge in [0.05, 0.1) is 0 Å². The number of benzene rings is 2. The van der Waals surface area contributed by atoms with E-state index in [1.807, 2.05) is 0 Å². The number of carbonyl (C=O) groups is 1. The number of nitrogens with two attached hydrogens (primary N) is 1. The van der Waals surface area contributed by atoms with Gasteiger partial charge in [-0.1, -0.05) is 12.1 Å². The maximum Gasteiger partial charge on any atom is 0.339 e. The number of hydrogen-bond acceptors (Lipinski definition) is 4. The molecule has 0 spiro atoms. The van der Waals surface area contributed by atoms with Crippen molar-refractivity contribution in [1.82, 2.24) is 0 Å². The van der Waals surface area contributed by atoms with Crippen LogP contribution in [0, 0.1) is 0 Å². The van der Waals surface area contributed by atoms with Crippen LogP contribution in [-0.4, -0.2) is 16.2 Å². The Bertz CT molecular complexity index is 593. The smallest absolute Gasteiger partial charge is 0.339 e. The molecule has 0 saturated carbocycles. The Labute approximate surface area is 109 Å². The van der Waals surface area contributed by atoms with E-state index >= 15 is 0 Å². The Kier molecular flexibility index (Phi) is 3.56. The fourth-order valence-electron chi connectivity index (χ4n) is 1.59. The minimum Gasteiger partial charge on any atom is -0.508 e. The van der Waals surface area contributed by atoms with Gasteiger partial charge in [-0.05, 0) is 29.8 Å². The first-order valence-corrected chi connectivity index (χ1v) is 5.60. The third-order valence-electron chi connectivity index (χ3n) is 2.57. The summed E-state index contributed by atoms with van der Waals surface area (Å²) >= 11 is 0. The molecule has 0 aliphatic heterocycles. The summed E-state index contributed by atoms with van der Waals surface area (Å²) in [5, 5.41) is 18.2. The van der Waals surface area contributed by atoms with Crippen molar-refractivity contribution in [1.29, 1.82) is 0 Å². The highest BCUT2D eigenvalue weighted by Crippen LogP contribution is 2.23. The van der Waals surface area contributed by atoms with E-state index in [4.69, 9.17) is 20.7 Å². The lowest BCUT2D eigenvalue weighted by Gasteiger charge is -2.10. The number of anilines is 1. The lowest BCUT2D eigenvalue weighted by atomic mass is 10.2. The molecule has 0 heterocycles. The fraction of sp³-hybridized carbons (Fsp3) is 0.0714. The van der Waals surface area contributed by atoms with Gasteiger partial charge in [0.1, 0.15) is 23.7 Å². The van der Waals surface area contributed by atoms with Gasteiger partial charge in [-0.25, -0.2) is 4.79 Å². The Hall–Kier alpha value is -2.69. The first-order valence-electron chi connectivity index (χ1n) is 5.60. The van der Waals surface area contributed by atoms with Gasteiger partial charge in [0.15, 0.2) is 0 Å². The second kappa shape index (κ2) is 5.30. The van der Waals surface area contributed by atoms with Gasteiger partial charge in [-0.2, -0.15) is 0 Å². The minimum atomic E-state index is -1.07. The molecule has 5 heteroatoms. The van der Waals surface area contributed by atoms with Gasteiger partial charge in [0.25, 0.3) is 0 Å². The monoisotopic (exact) mass is 259 g/mol. The summed E-state index contributed by atoms with van der Waals surface area (Å²) < 4.78 is 5.46. The number of phenolic OH excluding ortho intramolecular Hbond substituents is 1. The molecule has 19 heavy (non-hydrogen) atoms. The van der Waals surface area contributed by atoms with Crippen molar-refractivity contribution in [3.8, 4) is 11.5 Å². The molecular weight excluding hydrogens is 246 g/mol. The number of carboxylic acids is 1. The topological polar surface area (TPSA) is 92.8 Å². The Morgan fingerprint density at radius 3 is 2.47 bits per heavy atom. The molecule has 0 aliphatic rings. The number of nitrogen functional groups attached to an aromatic ring is 1. The molecule has 0 amide bonds. The molecule has 0 saturated heterocycles. The Balaban J connectivity index is 2.16. The second-order valence-corrected chi connectivity index (χ2v) is 4.02. The van der Waals surface area contributed by atoms with Gasteiger partial charge >= 0.3 is 5.97 Å². The number of phenols is 1. The standard InChI is InChI=1S/C14H13NO4/c15-10-3-6-12(14(17)18)13(7-10)19-8-9-1-4-11(16)5-2-9/h1-7,16H,8,15H2,(H,17,18). The molecule has 98 valence electrons. The quantitative estimate of drug-likeness (QED) is 0.732. The number of aromatic carboxylic acids is 1. The van der Waals surface area contributed by atoms with Gasteiger partial charge in [0, 0.05) is 11.8 Å². The van der Waals surface area contributed by atoms with E-state index < -0.39 is 5.97 Å². The third-order valence-corrected chi connectivity index (χ3v) is 2.57. The molecule has 0 atom stereocenters. The highest BCUT2D eigenvalue weighted by Gasteiger charge is 2.11. The van der Waals surface area contributed by atoms with Crippen molar-refractivity contribution in [3.05, 3.63) is 53.6 Å². The van der Waals surface area contributed by atoms with E-state index in [1.54, 1.807) is 12.1 Å². The van der Waals surface area contributed by atoms with Crippen molar-refractivity contribution in [3.63, 3.8) is 0 Å². The average molecular weight is 259 g/mol. The van der Waals surface area contributed by atoms with Crippen LogP contribution in [0.1, 0.15) is 15.9 Å². The van der Waals surface area contributed by atoms with Crippen LogP contribution >= 0.6 is 0 Å². The van der Waals surface area contributed by atoms with Gasteiger partial charge in [0.2, 0.25) is 0 Å². The predicted molar refractivity (Wildman–Crippen MR) is 70.3 cm³/mol. The molecule has 0 fully saturated rings. The summed E-state index contributed by atoms with van der Waals surface area (Å²) in [6, 6.07) is 10.9. The normalized spacial score (nSPS) is 10.1. The molecule has 0 aliphatic carbocycles. The number of carboxylic acid groups (broad SMARTS) is 1.